The van der Waals surface area contributed by atoms with Crippen molar-refractivity contribution in [1.82, 2.24) is 14.8 Å². The van der Waals surface area contributed by atoms with Gasteiger partial charge in [-0.15, -0.1) is 10.2 Å². The van der Waals surface area contributed by atoms with E-state index in [1.807, 2.05) is 12.1 Å². The second-order valence-electron chi connectivity index (χ2n) is 6.66. The molecule has 0 amide bonds. The lowest BCUT2D eigenvalue weighted by atomic mass is 10.2. The molecule has 0 spiro atoms. The molecule has 0 radical (unpaired) electrons. The van der Waals surface area contributed by atoms with E-state index in [0.29, 0.717) is 10.7 Å². The molecule has 1 N–H and O–H groups in total. The van der Waals surface area contributed by atoms with Crippen LogP contribution in [-0.2, 0) is 23.0 Å². The number of halogens is 2. The van der Waals surface area contributed by atoms with Crippen molar-refractivity contribution in [3.63, 3.8) is 0 Å². The Labute approximate surface area is 173 Å². The molecule has 146 valence electrons. The number of nitrogens with one attached hydrogen (secondary N) is 1. The molecular weight excluding hydrogens is 419 g/mol. The Bertz CT molecular complexity index is 1110. The highest BCUT2D eigenvalue weighted by molar-refractivity contribution is 7.92. The fraction of sp³-hybridized carbons (Fsp3) is 0.263. The van der Waals surface area contributed by atoms with Crippen LogP contribution in [0.5, 0.6) is 0 Å². The minimum absolute atomic E-state index is 0.0498. The lowest BCUT2D eigenvalue weighted by molar-refractivity contribution is 0.601. The SMILES string of the molecule is O=S(=O)(Nc1ccc(-c2nnc3n2CCCCC3)cc1)c1ccc(Cl)c(Cl)c1. The quantitative estimate of drug-likeness (QED) is 0.638. The average Bonchev–Trinajstić information content (AvgIpc) is 2.92. The van der Waals surface area contributed by atoms with Gasteiger partial charge in [-0.3, -0.25) is 4.72 Å². The maximum atomic E-state index is 12.6. The fourth-order valence-corrected chi connectivity index (χ4v) is 4.69. The first-order valence-electron chi connectivity index (χ1n) is 8.94. The van der Waals surface area contributed by atoms with Crippen LogP contribution in [0.1, 0.15) is 25.1 Å². The zero-order valence-corrected chi connectivity index (χ0v) is 17.2. The van der Waals surface area contributed by atoms with E-state index in [0.717, 1.165) is 43.0 Å². The number of hydrogen-bond acceptors (Lipinski definition) is 4. The molecule has 0 unspecified atom stereocenters. The van der Waals surface area contributed by atoms with Gasteiger partial charge in [-0.25, -0.2) is 8.42 Å². The van der Waals surface area contributed by atoms with Crippen molar-refractivity contribution >= 4 is 38.9 Å². The summed E-state index contributed by atoms with van der Waals surface area (Å²) in [4.78, 5) is 0.0498. The Kier molecular flexibility index (Phi) is 5.31. The summed E-state index contributed by atoms with van der Waals surface area (Å²) in [5.41, 5.74) is 1.35. The van der Waals surface area contributed by atoms with Crippen LogP contribution in [0.4, 0.5) is 5.69 Å². The minimum Gasteiger partial charge on any atom is -0.311 e. The Hall–Kier alpha value is -2.09. The molecule has 2 aromatic carbocycles. The number of aromatic nitrogens is 3. The van der Waals surface area contributed by atoms with Gasteiger partial charge in [-0.05, 0) is 55.3 Å². The van der Waals surface area contributed by atoms with Crippen LogP contribution in [0.25, 0.3) is 11.4 Å². The van der Waals surface area contributed by atoms with Gasteiger partial charge in [-0.1, -0.05) is 29.6 Å². The number of benzene rings is 2. The van der Waals surface area contributed by atoms with Gasteiger partial charge in [0.2, 0.25) is 0 Å². The molecule has 0 aliphatic carbocycles. The van der Waals surface area contributed by atoms with Crippen LogP contribution in [0.3, 0.4) is 0 Å². The highest BCUT2D eigenvalue weighted by atomic mass is 35.5. The molecule has 6 nitrogen and oxygen atoms in total. The summed E-state index contributed by atoms with van der Waals surface area (Å²) in [7, 11) is -3.76. The van der Waals surface area contributed by atoms with E-state index in [2.05, 4.69) is 19.5 Å². The molecule has 0 fully saturated rings. The Morgan fingerprint density at radius 2 is 1.71 bits per heavy atom. The van der Waals surface area contributed by atoms with E-state index >= 15 is 0 Å². The third-order valence-electron chi connectivity index (χ3n) is 4.71. The van der Waals surface area contributed by atoms with Gasteiger partial charge in [0.25, 0.3) is 10.0 Å². The zero-order valence-electron chi connectivity index (χ0n) is 14.9. The summed E-state index contributed by atoms with van der Waals surface area (Å²) in [5, 5.41) is 9.13. The number of nitrogens with zero attached hydrogens (tertiary/aromatic N) is 3. The van der Waals surface area contributed by atoms with Crippen molar-refractivity contribution in [3.8, 4) is 11.4 Å². The van der Waals surface area contributed by atoms with Gasteiger partial charge in [0, 0.05) is 24.2 Å². The van der Waals surface area contributed by atoms with Gasteiger partial charge >= 0.3 is 0 Å². The molecule has 0 bridgehead atoms. The summed E-state index contributed by atoms with van der Waals surface area (Å²) >= 11 is 11.8. The molecule has 1 aliphatic rings. The number of anilines is 1. The van der Waals surface area contributed by atoms with Crippen molar-refractivity contribution in [2.24, 2.45) is 0 Å². The molecule has 0 saturated heterocycles. The van der Waals surface area contributed by atoms with Crippen molar-refractivity contribution in [2.75, 3.05) is 4.72 Å². The van der Waals surface area contributed by atoms with Crippen molar-refractivity contribution in [1.29, 1.82) is 0 Å². The van der Waals surface area contributed by atoms with Crippen LogP contribution in [0.2, 0.25) is 10.0 Å². The van der Waals surface area contributed by atoms with Gasteiger partial charge in [0.15, 0.2) is 5.82 Å². The normalized spacial score (nSPS) is 14.4. The summed E-state index contributed by atoms with van der Waals surface area (Å²) in [5.74, 6) is 1.83. The second kappa shape index (κ2) is 7.73. The Morgan fingerprint density at radius 1 is 0.929 bits per heavy atom. The van der Waals surface area contributed by atoms with Gasteiger partial charge in [0.05, 0.1) is 14.9 Å². The summed E-state index contributed by atoms with van der Waals surface area (Å²) in [6.07, 6.45) is 4.37. The highest BCUT2D eigenvalue weighted by Crippen LogP contribution is 2.27. The second-order valence-corrected chi connectivity index (χ2v) is 9.16. The third kappa shape index (κ3) is 3.87. The van der Waals surface area contributed by atoms with E-state index in [1.165, 1.54) is 24.6 Å². The zero-order chi connectivity index (χ0) is 19.7. The van der Waals surface area contributed by atoms with E-state index in [1.54, 1.807) is 12.1 Å². The predicted octanol–water partition coefficient (Wildman–Crippen LogP) is 4.78. The molecule has 1 aromatic heterocycles. The van der Waals surface area contributed by atoms with Crippen LogP contribution in [0.15, 0.2) is 47.4 Å². The minimum atomic E-state index is -3.76. The first-order valence-corrected chi connectivity index (χ1v) is 11.2. The van der Waals surface area contributed by atoms with Gasteiger partial charge in [0.1, 0.15) is 5.82 Å². The van der Waals surface area contributed by atoms with E-state index in [4.69, 9.17) is 23.2 Å². The van der Waals surface area contributed by atoms with Crippen LogP contribution in [0, 0.1) is 0 Å². The lowest BCUT2D eigenvalue weighted by Gasteiger charge is -2.10. The number of rotatable bonds is 4. The molecule has 0 saturated carbocycles. The predicted molar refractivity (Wildman–Crippen MR) is 110 cm³/mol. The van der Waals surface area contributed by atoms with E-state index < -0.39 is 10.0 Å². The molecule has 9 heteroatoms. The van der Waals surface area contributed by atoms with Crippen LogP contribution < -0.4 is 4.72 Å². The molecule has 0 atom stereocenters. The monoisotopic (exact) mass is 436 g/mol. The Morgan fingerprint density at radius 3 is 2.46 bits per heavy atom. The average molecular weight is 437 g/mol. The largest absolute Gasteiger partial charge is 0.311 e. The standard InChI is InChI=1S/C19H18Cl2N4O2S/c20-16-10-9-15(12-17(16)21)28(26,27)24-14-7-5-13(6-8-14)19-23-22-18-4-2-1-3-11-25(18)19/h5-10,12,24H,1-4,11H2. The Balaban J connectivity index is 1.57. The molecule has 1 aliphatic heterocycles. The maximum absolute atomic E-state index is 12.6. The van der Waals surface area contributed by atoms with Gasteiger partial charge < -0.3 is 4.57 Å². The summed E-state index contributed by atoms with van der Waals surface area (Å²) in [6.45, 7) is 0.906. The fourth-order valence-electron chi connectivity index (χ4n) is 3.24. The van der Waals surface area contributed by atoms with Crippen LogP contribution >= 0.6 is 23.2 Å². The molecule has 3 aromatic rings. The third-order valence-corrected chi connectivity index (χ3v) is 6.82. The molecule has 2 heterocycles. The number of fused-ring (bicyclic) bond motifs is 1. The number of sulfonamides is 1. The number of aryl methyl sites for hydroxylation is 1. The molecule has 4 rings (SSSR count). The summed E-state index contributed by atoms with van der Waals surface area (Å²) < 4.78 is 29.8. The van der Waals surface area contributed by atoms with Gasteiger partial charge in [-0.2, -0.15) is 0 Å². The highest BCUT2D eigenvalue weighted by Gasteiger charge is 2.18. The van der Waals surface area contributed by atoms with Crippen molar-refractivity contribution in [3.05, 3.63) is 58.3 Å². The van der Waals surface area contributed by atoms with Crippen molar-refractivity contribution < 1.29 is 8.42 Å². The van der Waals surface area contributed by atoms with E-state index in [-0.39, 0.29) is 9.92 Å². The smallest absolute Gasteiger partial charge is 0.261 e. The molecule has 28 heavy (non-hydrogen) atoms. The molecular formula is C19H18Cl2N4O2S. The first kappa shape index (κ1) is 19.2. The topological polar surface area (TPSA) is 76.9 Å². The lowest BCUT2D eigenvalue weighted by Crippen LogP contribution is -2.12. The summed E-state index contributed by atoms with van der Waals surface area (Å²) in [6, 6.07) is 11.3. The van der Waals surface area contributed by atoms with Crippen LogP contribution in [-0.4, -0.2) is 23.2 Å². The number of hydrogen-bond donors (Lipinski definition) is 1. The van der Waals surface area contributed by atoms with Crippen molar-refractivity contribution in [2.45, 2.75) is 37.1 Å². The maximum Gasteiger partial charge on any atom is 0.261 e. The first-order chi connectivity index (χ1) is 13.4. The van der Waals surface area contributed by atoms with E-state index in [9.17, 15) is 8.42 Å².